The molecule has 0 saturated carbocycles. The molecule has 0 aromatic heterocycles. The number of hydrogen-bond acceptors (Lipinski definition) is 5. The van der Waals surface area contributed by atoms with Crippen LogP contribution >= 0.6 is 0 Å². The van der Waals surface area contributed by atoms with Gasteiger partial charge in [0.2, 0.25) is 10.0 Å². The van der Waals surface area contributed by atoms with Gasteiger partial charge in [-0.15, -0.1) is 0 Å². The van der Waals surface area contributed by atoms with Crippen LogP contribution in [-0.4, -0.2) is 56.7 Å². The van der Waals surface area contributed by atoms with E-state index in [2.05, 4.69) is 4.72 Å². The Hall–Kier alpha value is -1.64. The zero-order valence-electron chi connectivity index (χ0n) is 12.0. The van der Waals surface area contributed by atoms with Crippen LogP contribution in [0.1, 0.15) is 23.2 Å². The predicted molar refractivity (Wildman–Crippen MR) is 78.0 cm³/mol. The third-order valence-corrected chi connectivity index (χ3v) is 4.29. The first kappa shape index (κ1) is 17.4. The number of carbonyl (C=O) groups is 1. The summed E-state index contributed by atoms with van der Waals surface area (Å²) in [5, 5.41) is 18.2. The molecule has 0 aliphatic heterocycles. The molecule has 0 aliphatic carbocycles. The van der Waals surface area contributed by atoms with Gasteiger partial charge in [-0.3, -0.25) is 0 Å². The third kappa shape index (κ3) is 5.33. The number of aromatic hydroxyl groups is 1. The standard InChI is InChI=1S/C13H20N2O5S/c1-15(2)8-4-3-7-14-21(19,20)10-5-6-12(16)11(9-10)13(17)18/h5-6,9,14,16H,3-4,7-8H2,1-2H3,(H,17,18). The Balaban J connectivity index is 2.70. The molecule has 0 heterocycles. The van der Waals surface area contributed by atoms with E-state index in [-0.39, 0.29) is 11.4 Å². The minimum absolute atomic E-state index is 0.176. The first-order valence-electron chi connectivity index (χ1n) is 6.45. The summed E-state index contributed by atoms with van der Waals surface area (Å²) in [5.74, 6) is -1.84. The summed E-state index contributed by atoms with van der Waals surface area (Å²) in [4.78, 5) is 12.7. The van der Waals surface area contributed by atoms with Crippen molar-refractivity contribution < 1.29 is 23.4 Å². The van der Waals surface area contributed by atoms with Crippen molar-refractivity contribution in [2.24, 2.45) is 0 Å². The fourth-order valence-electron chi connectivity index (χ4n) is 1.70. The van der Waals surface area contributed by atoms with E-state index in [9.17, 15) is 18.3 Å². The van der Waals surface area contributed by atoms with E-state index in [1.165, 1.54) is 6.07 Å². The topological polar surface area (TPSA) is 107 Å². The van der Waals surface area contributed by atoms with Crippen molar-refractivity contribution in [2.75, 3.05) is 27.2 Å². The smallest absolute Gasteiger partial charge is 0.339 e. The number of benzene rings is 1. The number of rotatable bonds is 8. The van der Waals surface area contributed by atoms with Crippen LogP contribution in [0.4, 0.5) is 0 Å². The maximum Gasteiger partial charge on any atom is 0.339 e. The number of nitrogens with one attached hydrogen (secondary N) is 1. The highest BCUT2D eigenvalue weighted by Crippen LogP contribution is 2.21. The molecule has 0 saturated heterocycles. The lowest BCUT2D eigenvalue weighted by Gasteiger charge is -2.10. The summed E-state index contributed by atoms with van der Waals surface area (Å²) in [5.41, 5.74) is -0.439. The number of phenols is 1. The van der Waals surface area contributed by atoms with Gasteiger partial charge >= 0.3 is 5.97 Å². The fraction of sp³-hybridized carbons (Fsp3) is 0.462. The number of sulfonamides is 1. The normalized spacial score (nSPS) is 11.8. The monoisotopic (exact) mass is 316 g/mol. The van der Waals surface area contributed by atoms with Crippen LogP contribution in [0, 0.1) is 0 Å². The second kappa shape index (κ2) is 7.39. The van der Waals surface area contributed by atoms with Crippen LogP contribution in [0.3, 0.4) is 0 Å². The van der Waals surface area contributed by atoms with Crippen LogP contribution < -0.4 is 4.72 Å². The van der Waals surface area contributed by atoms with Crippen LogP contribution in [-0.2, 0) is 10.0 Å². The van der Waals surface area contributed by atoms with Gasteiger partial charge in [0.15, 0.2) is 0 Å². The van der Waals surface area contributed by atoms with Gasteiger partial charge in [0.1, 0.15) is 11.3 Å². The van der Waals surface area contributed by atoms with Crippen LogP contribution in [0.2, 0.25) is 0 Å². The van der Waals surface area contributed by atoms with E-state index in [0.29, 0.717) is 6.42 Å². The second-order valence-corrected chi connectivity index (χ2v) is 6.66. The quantitative estimate of drug-likeness (QED) is 0.610. The number of carboxylic acids is 1. The number of hydrogen-bond donors (Lipinski definition) is 3. The fourth-order valence-corrected chi connectivity index (χ4v) is 2.80. The summed E-state index contributed by atoms with van der Waals surface area (Å²) < 4.78 is 26.5. The lowest BCUT2D eigenvalue weighted by Crippen LogP contribution is -2.25. The SMILES string of the molecule is CN(C)CCCCNS(=O)(=O)c1ccc(O)c(C(=O)O)c1. The van der Waals surface area contributed by atoms with Gasteiger partial charge in [-0.2, -0.15) is 0 Å². The molecule has 1 aromatic rings. The van der Waals surface area contributed by atoms with Gasteiger partial charge in [0, 0.05) is 6.54 Å². The lowest BCUT2D eigenvalue weighted by molar-refractivity contribution is 0.0693. The minimum atomic E-state index is -3.77. The highest BCUT2D eigenvalue weighted by Gasteiger charge is 2.18. The van der Waals surface area contributed by atoms with Gasteiger partial charge in [-0.05, 0) is 51.7 Å². The molecule has 0 bridgehead atoms. The molecule has 0 aliphatic rings. The molecule has 21 heavy (non-hydrogen) atoms. The zero-order valence-corrected chi connectivity index (χ0v) is 12.9. The molecule has 1 rings (SSSR count). The van der Waals surface area contributed by atoms with E-state index in [1.54, 1.807) is 0 Å². The van der Waals surface area contributed by atoms with Gasteiger partial charge < -0.3 is 15.1 Å². The molecular weight excluding hydrogens is 296 g/mol. The number of nitrogens with zero attached hydrogens (tertiary/aromatic N) is 1. The molecular formula is C13H20N2O5S. The average molecular weight is 316 g/mol. The van der Waals surface area contributed by atoms with Crippen molar-refractivity contribution in [2.45, 2.75) is 17.7 Å². The first-order valence-corrected chi connectivity index (χ1v) is 7.93. The van der Waals surface area contributed by atoms with E-state index in [1.807, 2.05) is 19.0 Å². The van der Waals surface area contributed by atoms with Crippen molar-refractivity contribution in [1.29, 1.82) is 0 Å². The Bertz CT molecular complexity index is 599. The largest absolute Gasteiger partial charge is 0.507 e. The van der Waals surface area contributed by atoms with Gasteiger partial charge in [0.05, 0.1) is 4.90 Å². The highest BCUT2D eigenvalue weighted by atomic mass is 32.2. The Morgan fingerprint density at radius 2 is 1.95 bits per heavy atom. The first-order chi connectivity index (χ1) is 9.74. The molecule has 8 heteroatoms. The molecule has 0 spiro atoms. The molecule has 0 radical (unpaired) electrons. The van der Waals surface area contributed by atoms with Crippen molar-refractivity contribution in [3.63, 3.8) is 0 Å². The van der Waals surface area contributed by atoms with E-state index in [0.717, 1.165) is 25.1 Å². The highest BCUT2D eigenvalue weighted by molar-refractivity contribution is 7.89. The molecule has 1 aromatic carbocycles. The molecule has 7 nitrogen and oxygen atoms in total. The molecule has 0 atom stereocenters. The molecule has 0 fully saturated rings. The Kier molecular flexibility index (Phi) is 6.13. The Morgan fingerprint density at radius 3 is 2.52 bits per heavy atom. The van der Waals surface area contributed by atoms with Crippen molar-refractivity contribution >= 4 is 16.0 Å². The maximum atomic E-state index is 12.0. The summed E-state index contributed by atoms with van der Waals surface area (Å²) in [6, 6.07) is 3.17. The lowest BCUT2D eigenvalue weighted by atomic mass is 10.2. The number of carboxylic acid groups (broad SMARTS) is 1. The van der Waals surface area contributed by atoms with Crippen LogP contribution in [0.5, 0.6) is 5.75 Å². The summed E-state index contributed by atoms with van der Waals surface area (Å²) in [7, 11) is 0.105. The van der Waals surface area contributed by atoms with Gasteiger partial charge in [-0.25, -0.2) is 17.9 Å². The van der Waals surface area contributed by atoms with Crippen molar-refractivity contribution in [3.8, 4) is 5.75 Å². The molecule has 118 valence electrons. The van der Waals surface area contributed by atoms with Crippen LogP contribution in [0.25, 0.3) is 0 Å². The zero-order chi connectivity index (χ0) is 16.0. The summed E-state index contributed by atoms with van der Waals surface area (Å²) >= 11 is 0. The summed E-state index contributed by atoms with van der Waals surface area (Å²) in [6.07, 6.45) is 1.53. The predicted octanol–water partition coefficient (Wildman–Crippen LogP) is 0.710. The van der Waals surface area contributed by atoms with Crippen molar-refractivity contribution in [1.82, 2.24) is 9.62 Å². The van der Waals surface area contributed by atoms with Crippen LogP contribution in [0.15, 0.2) is 23.1 Å². The number of aromatic carboxylic acids is 1. The molecule has 3 N–H and O–H groups in total. The third-order valence-electron chi connectivity index (χ3n) is 2.83. The van der Waals surface area contributed by atoms with Crippen molar-refractivity contribution in [3.05, 3.63) is 23.8 Å². The Morgan fingerprint density at radius 1 is 1.29 bits per heavy atom. The van der Waals surface area contributed by atoms with Gasteiger partial charge in [-0.1, -0.05) is 0 Å². The van der Waals surface area contributed by atoms with E-state index < -0.39 is 27.3 Å². The minimum Gasteiger partial charge on any atom is -0.507 e. The van der Waals surface area contributed by atoms with Gasteiger partial charge in [0.25, 0.3) is 0 Å². The number of unbranched alkanes of at least 4 members (excludes halogenated alkanes) is 1. The maximum absolute atomic E-state index is 12.0. The van der Waals surface area contributed by atoms with E-state index >= 15 is 0 Å². The molecule has 0 unspecified atom stereocenters. The Labute approximate surface area is 124 Å². The molecule has 0 amide bonds. The summed E-state index contributed by atoms with van der Waals surface area (Å²) in [6.45, 7) is 1.14. The second-order valence-electron chi connectivity index (χ2n) is 4.89. The average Bonchev–Trinajstić information content (AvgIpc) is 2.37. The van der Waals surface area contributed by atoms with E-state index in [4.69, 9.17) is 5.11 Å².